The van der Waals surface area contributed by atoms with Crippen LogP contribution in [0.25, 0.3) is 0 Å². The van der Waals surface area contributed by atoms with Gasteiger partial charge in [0.15, 0.2) is 0 Å². The van der Waals surface area contributed by atoms with E-state index in [1.54, 1.807) is 0 Å². The number of aliphatic hydroxyl groups excluding tert-OH is 1. The molecule has 4 nitrogen and oxygen atoms in total. The molecule has 14 heavy (non-hydrogen) atoms. The Balaban J connectivity index is 2.09. The van der Waals surface area contributed by atoms with Gasteiger partial charge in [0.25, 0.3) is 0 Å². The molecule has 0 radical (unpaired) electrons. The number of aliphatic hydroxyl groups is 1. The average Bonchev–Trinajstić information content (AvgIpc) is 2.46. The standard InChI is InChI=1S/C10H16N2O2/c1-7-6-10(14)12(11-7)8-4-2-3-5-9(8)13/h8-9,13H,2-6H2,1H3. The highest BCUT2D eigenvalue weighted by molar-refractivity contribution is 6.03. The van der Waals surface area contributed by atoms with Gasteiger partial charge in [-0.1, -0.05) is 12.8 Å². The fourth-order valence-electron chi connectivity index (χ4n) is 2.21. The summed E-state index contributed by atoms with van der Waals surface area (Å²) in [4.78, 5) is 11.5. The van der Waals surface area contributed by atoms with E-state index in [-0.39, 0.29) is 18.1 Å². The van der Waals surface area contributed by atoms with Gasteiger partial charge in [0.2, 0.25) is 5.91 Å². The molecule has 0 aromatic rings. The fraction of sp³-hybridized carbons (Fsp3) is 0.800. The Bertz CT molecular complexity index is 275. The van der Waals surface area contributed by atoms with E-state index >= 15 is 0 Å². The fourth-order valence-corrected chi connectivity index (χ4v) is 2.21. The minimum atomic E-state index is -0.387. The summed E-state index contributed by atoms with van der Waals surface area (Å²) < 4.78 is 0. The summed E-state index contributed by atoms with van der Waals surface area (Å²) in [6, 6.07) is -0.0753. The Morgan fingerprint density at radius 3 is 2.71 bits per heavy atom. The van der Waals surface area contributed by atoms with Gasteiger partial charge >= 0.3 is 0 Å². The quantitative estimate of drug-likeness (QED) is 0.677. The second kappa shape index (κ2) is 3.69. The van der Waals surface area contributed by atoms with Crippen LogP contribution in [0.4, 0.5) is 0 Å². The van der Waals surface area contributed by atoms with Crippen LogP contribution in [0.5, 0.6) is 0 Å². The van der Waals surface area contributed by atoms with Crippen molar-refractivity contribution < 1.29 is 9.90 Å². The number of carbonyl (C=O) groups is 1. The highest BCUT2D eigenvalue weighted by Crippen LogP contribution is 2.26. The first kappa shape index (κ1) is 9.65. The van der Waals surface area contributed by atoms with E-state index in [0.717, 1.165) is 31.4 Å². The van der Waals surface area contributed by atoms with Crippen molar-refractivity contribution in [1.82, 2.24) is 5.01 Å². The third-order valence-corrected chi connectivity index (χ3v) is 2.95. The van der Waals surface area contributed by atoms with Crippen molar-refractivity contribution in [3.63, 3.8) is 0 Å². The molecular formula is C10H16N2O2. The monoisotopic (exact) mass is 196 g/mol. The molecule has 1 aliphatic heterocycles. The van der Waals surface area contributed by atoms with Crippen molar-refractivity contribution in [3.8, 4) is 0 Å². The highest BCUT2D eigenvalue weighted by Gasteiger charge is 2.34. The molecule has 78 valence electrons. The maximum absolute atomic E-state index is 11.5. The summed E-state index contributed by atoms with van der Waals surface area (Å²) in [5.74, 6) is 0.0356. The molecule has 1 saturated carbocycles. The molecule has 1 amide bonds. The lowest BCUT2D eigenvalue weighted by molar-refractivity contribution is -0.134. The summed E-state index contributed by atoms with van der Waals surface area (Å²) in [6.45, 7) is 1.85. The smallest absolute Gasteiger partial charge is 0.248 e. The van der Waals surface area contributed by atoms with Gasteiger partial charge < -0.3 is 5.11 Å². The molecule has 4 heteroatoms. The summed E-state index contributed by atoms with van der Waals surface area (Å²) in [7, 11) is 0. The molecule has 2 unspecified atom stereocenters. The van der Waals surface area contributed by atoms with Gasteiger partial charge in [-0.15, -0.1) is 0 Å². The molecule has 0 aromatic carbocycles. The van der Waals surface area contributed by atoms with Crippen LogP contribution in [0.3, 0.4) is 0 Å². The summed E-state index contributed by atoms with van der Waals surface area (Å²) in [5, 5.41) is 15.5. The van der Waals surface area contributed by atoms with Crippen LogP contribution in [-0.2, 0) is 4.79 Å². The van der Waals surface area contributed by atoms with Crippen molar-refractivity contribution in [2.75, 3.05) is 0 Å². The topological polar surface area (TPSA) is 52.9 Å². The SMILES string of the molecule is CC1=NN(C2CCCCC2O)C(=O)C1. The van der Waals surface area contributed by atoms with Crippen molar-refractivity contribution in [1.29, 1.82) is 0 Å². The molecule has 2 atom stereocenters. The van der Waals surface area contributed by atoms with Crippen molar-refractivity contribution in [3.05, 3.63) is 0 Å². The molecule has 1 aliphatic carbocycles. The Morgan fingerprint density at radius 1 is 1.43 bits per heavy atom. The van der Waals surface area contributed by atoms with E-state index in [2.05, 4.69) is 5.10 Å². The largest absolute Gasteiger partial charge is 0.391 e. The zero-order valence-corrected chi connectivity index (χ0v) is 8.44. The predicted octanol–water partition coefficient (Wildman–Crippen LogP) is 0.898. The molecule has 2 aliphatic rings. The first-order valence-electron chi connectivity index (χ1n) is 5.22. The lowest BCUT2D eigenvalue weighted by Gasteiger charge is -2.32. The second-order valence-electron chi connectivity index (χ2n) is 4.17. The average molecular weight is 196 g/mol. The predicted molar refractivity (Wildman–Crippen MR) is 52.8 cm³/mol. The van der Waals surface area contributed by atoms with E-state index < -0.39 is 0 Å². The van der Waals surface area contributed by atoms with E-state index in [1.807, 2.05) is 6.92 Å². The van der Waals surface area contributed by atoms with Crippen molar-refractivity contribution >= 4 is 11.6 Å². The molecule has 0 saturated heterocycles. The van der Waals surface area contributed by atoms with E-state index in [4.69, 9.17) is 0 Å². The number of hydrogen-bond donors (Lipinski definition) is 1. The lowest BCUT2D eigenvalue weighted by atomic mass is 9.92. The maximum Gasteiger partial charge on any atom is 0.248 e. The molecule has 0 aromatic heterocycles. The molecule has 1 heterocycles. The number of hydrazone groups is 1. The molecule has 1 N–H and O–H groups in total. The first-order chi connectivity index (χ1) is 6.68. The highest BCUT2D eigenvalue weighted by atomic mass is 16.3. The number of hydrogen-bond acceptors (Lipinski definition) is 3. The minimum Gasteiger partial charge on any atom is -0.391 e. The van der Waals surface area contributed by atoms with Gasteiger partial charge in [-0.3, -0.25) is 4.79 Å². The summed E-state index contributed by atoms with van der Waals surface area (Å²) >= 11 is 0. The Kier molecular flexibility index (Phi) is 2.54. The normalized spacial score (nSPS) is 33.4. The Labute approximate surface area is 83.6 Å². The van der Waals surface area contributed by atoms with Crippen molar-refractivity contribution in [2.24, 2.45) is 5.10 Å². The summed E-state index contributed by atoms with van der Waals surface area (Å²) in [5.41, 5.74) is 0.854. The van der Waals surface area contributed by atoms with Crippen molar-refractivity contribution in [2.45, 2.75) is 51.2 Å². The van der Waals surface area contributed by atoms with Crippen LogP contribution in [0, 0.1) is 0 Å². The van der Waals surface area contributed by atoms with Gasteiger partial charge in [-0.05, 0) is 19.8 Å². The van der Waals surface area contributed by atoms with Gasteiger partial charge in [-0.2, -0.15) is 5.10 Å². The van der Waals surface area contributed by atoms with Crippen LogP contribution < -0.4 is 0 Å². The van der Waals surface area contributed by atoms with Crippen LogP contribution in [0.1, 0.15) is 39.0 Å². The zero-order chi connectivity index (χ0) is 10.1. The molecule has 2 rings (SSSR count). The number of carbonyl (C=O) groups excluding carboxylic acids is 1. The minimum absolute atomic E-state index is 0.0356. The molecule has 0 spiro atoms. The van der Waals surface area contributed by atoms with Gasteiger partial charge in [-0.25, -0.2) is 5.01 Å². The van der Waals surface area contributed by atoms with E-state index in [1.165, 1.54) is 5.01 Å². The zero-order valence-electron chi connectivity index (χ0n) is 8.44. The second-order valence-corrected chi connectivity index (χ2v) is 4.17. The van der Waals surface area contributed by atoms with Crippen LogP contribution >= 0.6 is 0 Å². The summed E-state index contributed by atoms with van der Waals surface area (Å²) in [6.07, 6.45) is 3.85. The molecule has 0 bridgehead atoms. The molecule has 1 fully saturated rings. The van der Waals surface area contributed by atoms with Crippen LogP contribution in [0.15, 0.2) is 5.10 Å². The van der Waals surface area contributed by atoms with Gasteiger partial charge in [0, 0.05) is 5.71 Å². The Hall–Kier alpha value is -0.900. The van der Waals surface area contributed by atoms with E-state index in [9.17, 15) is 9.90 Å². The Morgan fingerprint density at radius 2 is 2.14 bits per heavy atom. The van der Waals surface area contributed by atoms with Crippen LogP contribution in [0.2, 0.25) is 0 Å². The molecular weight excluding hydrogens is 180 g/mol. The third-order valence-electron chi connectivity index (χ3n) is 2.95. The van der Waals surface area contributed by atoms with E-state index in [0.29, 0.717) is 6.42 Å². The van der Waals surface area contributed by atoms with Crippen LogP contribution in [-0.4, -0.2) is 33.9 Å². The number of rotatable bonds is 1. The van der Waals surface area contributed by atoms with Gasteiger partial charge in [0.1, 0.15) is 0 Å². The number of nitrogens with zero attached hydrogens (tertiary/aromatic N) is 2. The number of amides is 1. The maximum atomic E-state index is 11.5. The first-order valence-corrected chi connectivity index (χ1v) is 5.22. The third kappa shape index (κ3) is 1.66. The van der Waals surface area contributed by atoms with Gasteiger partial charge in [0.05, 0.1) is 18.6 Å². The lowest BCUT2D eigenvalue weighted by Crippen LogP contribution is -2.43.